The molecule has 104 valence electrons. The average molecular weight is 281 g/mol. The van der Waals surface area contributed by atoms with Crippen LogP contribution in [0, 0.1) is 17.0 Å². The summed E-state index contributed by atoms with van der Waals surface area (Å²) >= 11 is 1.91. The van der Waals surface area contributed by atoms with Gasteiger partial charge in [-0.2, -0.15) is 11.8 Å². The highest BCUT2D eigenvalue weighted by Gasteiger charge is 2.23. The zero-order chi connectivity index (χ0) is 13.8. The molecule has 0 aromatic carbocycles. The number of rotatable bonds is 4. The van der Waals surface area contributed by atoms with Crippen molar-refractivity contribution in [1.29, 1.82) is 0 Å². The van der Waals surface area contributed by atoms with E-state index in [4.69, 9.17) is 0 Å². The van der Waals surface area contributed by atoms with Crippen molar-refractivity contribution in [2.75, 3.05) is 11.6 Å². The fourth-order valence-corrected chi connectivity index (χ4v) is 3.18. The molecule has 0 atom stereocenters. The number of nitrogens with one attached hydrogen (secondary N) is 1. The van der Waals surface area contributed by atoms with Gasteiger partial charge in [-0.15, -0.1) is 0 Å². The van der Waals surface area contributed by atoms with Crippen LogP contribution in [-0.4, -0.2) is 27.5 Å². The van der Waals surface area contributed by atoms with Crippen molar-refractivity contribution in [2.45, 2.75) is 43.9 Å². The topological polar surface area (TPSA) is 68.1 Å². The molecular formula is C13H19N3O2S. The molecule has 0 spiro atoms. The van der Waals surface area contributed by atoms with Gasteiger partial charge in [0.15, 0.2) is 0 Å². The maximum absolute atomic E-state index is 11.0. The van der Waals surface area contributed by atoms with Crippen LogP contribution >= 0.6 is 11.8 Å². The number of anilines is 1. The molecule has 1 aromatic rings. The summed E-state index contributed by atoms with van der Waals surface area (Å²) < 4.78 is 0. The van der Waals surface area contributed by atoms with Gasteiger partial charge in [0.05, 0.1) is 4.92 Å². The van der Waals surface area contributed by atoms with E-state index in [1.165, 1.54) is 12.8 Å². The van der Waals surface area contributed by atoms with Gasteiger partial charge in [0.2, 0.25) is 5.82 Å². The molecule has 1 aliphatic carbocycles. The van der Waals surface area contributed by atoms with Crippen LogP contribution in [0.15, 0.2) is 12.3 Å². The fourth-order valence-electron chi connectivity index (χ4n) is 2.44. The minimum absolute atomic E-state index is 0.0759. The lowest BCUT2D eigenvalue weighted by Crippen LogP contribution is -2.27. The smallest absolute Gasteiger partial charge is 0.311 e. The third-order valence-corrected chi connectivity index (χ3v) is 4.69. The van der Waals surface area contributed by atoms with Gasteiger partial charge < -0.3 is 5.32 Å². The second-order valence-corrected chi connectivity index (χ2v) is 6.13. The summed E-state index contributed by atoms with van der Waals surface area (Å²) in [5.74, 6) is 0.406. The van der Waals surface area contributed by atoms with E-state index in [9.17, 15) is 10.1 Å². The normalized spacial score (nSPS) is 23.1. The van der Waals surface area contributed by atoms with Crippen molar-refractivity contribution in [2.24, 2.45) is 0 Å². The largest absolute Gasteiger partial charge is 0.362 e. The van der Waals surface area contributed by atoms with Crippen molar-refractivity contribution in [3.8, 4) is 0 Å². The Hall–Kier alpha value is -1.30. The first-order valence-corrected chi connectivity index (χ1v) is 7.79. The minimum atomic E-state index is -0.365. The third kappa shape index (κ3) is 3.59. The second kappa shape index (κ2) is 6.23. The van der Waals surface area contributed by atoms with Gasteiger partial charge in [0.25, 0.3) is 0 Å². The highest BCUT2D eigenvalue weighted by atomic mass is 32.2. The molecular weight excluding hydrogens is 262 g/mol. The average Bonchev–Trinajstić information content (AvgIpc) is 2.41. The van der Waals surface area contributed by atoms with Crippen molar-refractivity contribution in [3.63, 3.8) is 0 Å². The predicted octanol–water partition coefficient (Wildman–Crippen LogP) is 3.38. The van der Waals surface area contributed by atoms with Crippen LogP contribution in [0.4, 0.5) is 11.5 Å². The monoisotopic (exact) mass is 281 g/mol. The first-order valence-electron chi connectivity index (χ1n) is 6.50. The molecule has 0 amide bonds. The molecule has 1 N–H and O–H groups in total. The number of hydrogen-bond donors (Lipinski definition) is 1. The summed E-state index contributed by atoms with van der Waals surface area (Å²) in [5.41, 5.74) is 0.885. The van der Waals surface area contributed by atoms with Gasteiger partial charge in [-0.3, -0.25) is 10.1 Å². The first-order chi connectivity index (χ1) is 9.10. The molecule has 0 radical (unpaired) electrons. The Morgan fingerprint density at radius 3 is 2.68 bits per heavy atom. The van der Waals surface area contributed by atoms with E-state index in [0.717, 1.165) is 23.7 Å². The summed E-state index contributed by atoms with van der Waals surface area (Å²) in [6, 6.07) is 1.88. The zero-order valence-electron chi connectivity index (χ0n) is 11.3. The van der Waals surface area contributed by atoms with Gasteiger partial charge in [0, 0.05) is 23.6 Å². The Kier molecular flexibility index (Phi) is 4.63. The van der Waals surface area contributed by atoms with E-state index in [1.807, 2.05) is 18.7 Å². The zero-order valence-corrected chi connectivity index (χ0v) is 12.1. The number of nitro groups is 1. The molecule has 2 rings (SSSR count). The summed E-state index contributed by atoms with van der Waals surface area (Å²) in [6.45, 7) is 1.81. The molecule has 1 heterocycles. The maximum atomic E-state index is 11.0. The fraction of sp³-hybridized carbons (Fsp3) is 0.615. The van der Waals surface area contributed by atoms with Gasteiger partial charge >= 0.3 is 5.69 Å². The predicted molar refractivity (Wildman–Crippen MR) is 78.8 cm³/mol. The Balaban J connectivity index is 2.05. The second-order valence-electron chi connectivity index (χ2n) is 4.99. The lowest BCUT2D eigenvalue weighted by molar-refractivity contribution is -0.384. The van der Waals surface area contributed by atoms with E-state index in [-0.39, 0.29) is 10.6 Å². The van der Waals surface area contributed by atoms with E-state index in [0.29, 0.717) is 11.9 Å². The molecule has 6 heteroatoms. The molecule has 0 saturated heterocycles. The summed E-state index contributed by atoms with van der Waals surface area (Å²) in [7, 11) is 0. The number of pyridine rings is 1. The quantitative estimate of drug-likeness (QED) is 0.677. The van der Waals surface area contributed by atoms with E-state index < -0.39 is 0 Å². The van der Waals surface area contributed by atoms with Crippen molar-refractivity contribution in [1.82, 2.24) is 4.98 Å². The van der Waals surface area contributed by atoms with E-state index in [2.05, 4.69) is 16.6 Å². The number of aryl methyl sites for hydroxylation is 1. The number of aromatic nitrogens is 1. The first kappa shape index (κ1) is 14.1. The SMILES string of the molecule is CSC1CCC(Nc2ncc(C)cc2[N+](=O)[O-])CC1. The summed E-state index contributed by atoms with van der Waals surface area (Å²) in [5, 5.41) is 15.0. The molecule has 0 aliphatic heterocycles. The minimum Gasteiger partial charge on any atom is -0.362 e. The van der Waals surface area contributed by atoms with E-state index in [1.54, 1.807) is 12.3 Å². The Morgan fingerprint density at radius 2 is 2.11 bits per heavy atom. The Labute approximate surface area is 117 Å². The van der Waals surface area contributed by atoms with Crippen molar-refractivity contribution in [3.05, 3.63) is 27.9 Å². The maximum Gasteiger partial charge on any atom is 0.311 e. The third-order valence-electron chi connectivity index (χ3n) is 3.55. The van der Waals surface area contributed by atoms with Crippen LogP contribution in [0.3, 0.4) is 0 Å². The van der Waals surface area contributed by atoms with Crippen LogP contribution in [-0.2, 0) is 0 Å². The van der Waals surface area contributed by atoms with Crippen LogP contribution in [0.1, 0.15) is 31.2 Å². The molecule has 19 heavy (non-hydrogen) atoms. The molecule has 0 bridgehead atoms. The summed E-state index contributed by atoms with van der Waals surface area (Å²) in [6.07, 6.45) is 8.25. The molecule has 1 saturated carbocycles. The lowest BCUT2D eigenvalue weighted by Gasteiger charge is -2.28. The van der Waals surface area contributed by atoms with Crippen LogP contribution in [0.5, 0.6) is 0 Å². The van der Waals surface area contributed by atoms with Gasteiger partial charge in [0.1, 0.15) is 0 Å². The van der Waals surface area contributed by atoms with Crippen LogP contribution < -0.4 is 5.32 Å². The lowest BCUT2D eigenvalue weighted by atomic mass is 9.95. The molecule has 1 fully saturated rings. The number of nitrogens with zero attached hydrogens (tertiary/aromatic N) is 2. The van der Waals surface area contributed by atoms with Gasteiger partial charge in [-0.1, -0.05) is 0 Å². The Bertz CT molecular complexity index is 459. The van der Waals surface area contributed by atoms with Crippen molar-refractivity contribution >= 4 is 23.3 Å². The molecule has 1 aliphatic rings. The number of thioether (sulfide) groups is 1. The molecule has 0 unspecified atom stereocenters. The standard InChI is InChI=1S/C13H19N3O2S/c1-9-7-12(16(17)18)13(14-8-9)15-10-3-5-11(19-2)6-4-10/h7-8,10-11H,3-6H2,1-2H3,(H,14,15). The van der Waals surface area contributed by atoms with Gasteiger partial charge in [-0.25, -0.2) is 4.98 Å². The van der Waals surface area contributed by atoms with Gasteiger partial charge in [-0.05, 0) is 44.4 Å². The van der Waals surface area contributed by atoms with E-state index >= 15 is 0 Å². The summed E-state index contributed by atoms with van der Waals surface area (Å²) in [4.78, 5) is 14.8. The molecule has 1 aromatic heterocycles. The van der Waals surface area contributed by atoms with Crippen LogP contribution in [0.2, 0.25) is 0 Å². The van der Waals surface area contributed by atoms with Crippen LogP contribution in [0.25, 0.3) is 0 Å². The number of hydrogen-bond acceptors (Lipinski definition) is 5. The Morgan fingerprint density at radius 1 is 1.42 bits per heavy atom. The highest BCUT2D eigenvalue weighted by Crippen LogP contribution is 2.30. The molecule has 5 nitrogen and oxygen atoms in total. The van der Waals surface area contributed by atoms with Crippen molar-refractivity contribution < 1.29 is 4.92 Å². The highest BCUT2D eigenvalue weighted by molar-refractivity contribution is 7.99.